The maximum Gasteiger partial charge on any atom is 0.336 e. The number of benzene rings is 1. The Bertz CT molecular complexity index is 1180. The summed E-state index contributed by atoms with van der Waals surface area (Å²) in [4.78, 5) is 33.3. The smallest absolute Gasteiger partial charge is 0.336 e. The van der Waals surface area contributed by atoms with Crippen molar-refractivity contribution in [3.8, 4) is 17.7 Å². The Balaban J connectivity index is 1.60. The molecule has 0 bridgehead atoms. The number of nitrogens with zero attached hydrogens (tertiary/aromatic N) is 3. The van der Waals surface area contributed by atoms with Crippen molar-refractivity contribution in [3.63, 3.8) is 0 Å². The first-order chi connectivity index (χ1) is 17.3. The average molecular weight is 492 g/mol. The summed E-state index contributed by atoms with van der Waals surface area (Å²) in [5.41, 5.74) is 2.00. The molecular weight excluding hydrogens is 458 g/mol. The fourth-order valence-electron chi connectivity index (χ4n) is 4.33. The summed E-state index contributed by atoms with van der Waals surface area (Å²) in [6, 6.07) is 8.32. The van der Waals surface area contributed by atoms with Crippen LogP contribution in [0.25, 0.3) is 0 Å². The molecule has 1 amide bonds. The van der Waals surface area contributed by atoms with E-state index in [2.05, 4.69) is 16.8 Å². The van der Waals surface area contributed by atoms with Gasteiger partial charge in [-0.25, -0.2) is 9.78 Å². The van der Waals surface area contributed by atoms with Gasteiger partial charge in [0.25, 0.3) is 5.91 Å². The van der Waals surface area contributed by atoms with Gasteiger partial charge in [0.2, 0.25) is 5.88 Å². The van der Waals surface area contributed by atoms with E-state index in [1.807, 2.05) is 37.9 Å². The summed E-state index contributed by atoms with van der Waals surface area (Å²) in [7, 11) is 1.91. The van der Waals surface area contributed by atoms with Crippen LogP contribution in [0.15, 0.2) is 36.5 Å². The molecule has 8 heteroatoms. The third-order valence-electron chi connectivity index (χ3n) is 6.70. The molecule has 1 fully saturated rings. The molecule has 2 heterocycles. The van der Waals surface area contributed by atoms with Crippen LogP contribution in [-0.2, 0) is 6.54 Å². The van der Waals surface area contributed by atoms with Crippen molar-refractivity contribution < 1.29 is 24.5 Å². The average Bonchev–Trinajstić information content (AvgIpc) is 3.69. The van der Waals surface area contributed by atoms with Gasteiger partial charge in [-0.1, -0.05) is 37.0 Å². The highest BCUT2D eigenvalue weighted by Gasteiger charge is 2.34. The van der Waals surface area contributed by atoms with E-state index in [0.29, 0.717) is 42.2 Å². The van der Waals surface area contributed by atoms with Crippen LogP contribution >= 0.6 is 0 Å². The molecule has 4 rings (SSSR count). The molecule has 8 nitrogen and oxygen atoms in total. The predicted octanol–water partition coefficient (Wildman–Crippen LogP) is 2.89. The normalized spacial score (nSPS) is 20.5. The second-order valence-electron chi connectivity index (χ2n) is 9.90. The summed E-state index contributed by atoms with van der Waals surface area (Å²) in [5, 5.41) is 19.4. The van der Waals surface area contributed by atoms with Gasteiger partial charge in [0, 0.05) is 43.2 Å². The van der Waals surface area contributed by atoms with E-state index in [9.17, 15) is 19.8 Å². The molecule has 0 saturated heterocycles. The van der Waals surface area contributed by atoms with Gasteiger partial charge < -0.3 is 19.8 Å². The third kappa shape index (κ3) is 6.04. The molecule has 0 spiro atoms. The number of carboxylic acids is 1. The highest BCUT2D eigenvalue weighted by molar-refractivity contribution is 5.97. The maximum absolute atomic E-state index is 13.5. The molecule has 1 aliphatic carbocycles. The highest BCUT2D eigenvalue weighted by atomic mass is 16.5. The molecule has 36 heavy (non-hydrogen) atoms. The molecule has 2 aliphatic rings. The Morgan fingerprint density at radius 3 is 2.78 bits per heavy atom. The molecule has 2 N–H and O–H groups in total. The number of carbonyl (C=O) groups is 2. The molecule has 3 atom stereocenters. The van der Waals surface area contributed by atoms with Crippen LogP contribution in [-0.4, -0.2) is 75.8 Å². The van der Waals surface area contributed by atoms with Gasteiger partial charge in [0.05, 0.1) is 18.2 Å². The van der Waals surface area contributed by atoms with Gasteiger partial charge in [-0.2, -0.15) is 0 Å². The Kier molecular flexibility index (Phi) is 7.92. The number of hydrogen-bond acceptors (Lipinski definition) is 6. The number of fused-ring (bicyclic) bond motifs is 1. The number of rotatable bonds is 7. The maximum atomic E-state index is 13.5. The molecule has 0 radical (unpaired) electrons. The zero-order chi connectivity index (χ0) is 25.8. The Morgan fingerprint density at radius 1 is 1.33 bits per heavy atom. The number of aromatic carboxylic acids is 1. The highest BCUT2D eigenvalue weighted by Crippen LogP contribution is 2.29. The first kappa shape index (κ1) is 25.7. The van der Waals surface area contributed by atoms with Crippen molar-refractivity contribution >= 4 is 11.9 Å². The van der Waals surface area contributed by atoms with E-state index in [4.69, 9.17) is 4.74 Å². The number of hydrogen-bond donors (Lipinski definition) is 2. The Morgan fingerprint density at radius 2 is 2.08 bits per heavy atom. The van der Waals surface area contributed by atoms with Crippen molar-refractivity contribution in [1.82, 2.24) is 14.8 Å². The van der Waals surface area contributed by atoms with E-state index >= 15 is 0 Å². The molecule has 190 valence electrons. The van der Waals surface area contributed by atoms with Gasteiger partial charge in [0.1, 0.15) is 11.7 Å². The number of likely N-dealkylation sites (N-methyl/N-ethyl adjacent to an activating group) is 1. The lowest BCUT2D eigenvalue weighted by molar-refractivity contribution is 0.0325. The molecule has 0 unspecified atom stereocenters. The Hall–Kier alpha value is -3.41. The van der Waals surface area contributed by atoms with E-state index in [1.165, 1.54) is 0 Å². The van der Waals surface area contributed by atoms with E-state index < -0.39 is 5.97 Å². The summed E-state index contributed by atoms with van der Waals surface area (Å²) >= 11 is 0. The van der Waals surface area contributed by atoms with Crippen molar-refractivity contribution in [3.05, 3.63) is 58.8 Å². The van der Waals surface area contributed by atoms with Crippen molar-refractivity contribution in [2.45, 2.75) is 45.4 Å². The zero-order valence-electron chi connectivity index (χ0n) is 21.0. The number of aliphatic hydroxyl groups is 1. The molecule has 2 aromatic rings. The second-order valence-corrected chi connectivity index (χ2v) is 9.90. The van der Waals surface area contributed by atoms with Crippen LogP contribution in [0.3, 0.4) is 0 Å². The lowest BCUT2D eigenvalue weighted by Gasteiger charge is -2.37. The van der Waals surface area contributed by atoms with Crippen molar-refractivity contribution in [2.24, 2.45) is 11.8 Å². The Labute approximate surface area is 211 Å². The minimum absolute atomic E-state index is 0.0654. The van der Waals surface area contributed by atoms with E-state index in [-0.39, 0.29) is 42.0 Å². The van der Waals surface area contributed by atoms with Gasteiger partial charge in [-0.05, 0) is 44.5 Å². The number of aliphatic hydroxyl groups excluding tert-OH is 1. The van der Waals surface area contributed by atoms with Crippen LogP contribution in [0.2, 0.25) is 0 Å². The number of amides is 1. The minimum Gasteiger partial charge on any atom is -0.478 e. The fraction of sp³-hybridized carbons (Fsp3) is 0.464. The third-order valence-corrected chi connectivity index (χ3v) is 6.70. The fourth-order valence-corrected chi connectivity index (χ4v) is 4.33. The first-order valence-electron chi connectivity index (χ1n) is 12.4. The standard InChI is InChI=1S/C28H33N3O5/c1-18-14-31(19(2)17-32)27(33)24-12-21(11-10-20-8-9-20)13-29-26(24)36-25(18)16-30(3)15-22-6-4-5-7-23(22)28(34)35/h4-7,12-13,18-20,25,32H,8-9,14-17H2,1-3H3,(H,34,35)/t18-,19-,25-/m0/s1. The molecule has 1 aromatic heterocycles. The van der Waals surface area contributed by atoms with E-state index in [1.54, 1.807) is 29.3 Å². The van der Waals surface area contributed by atoms with Gasteiger partial charge in [-0.15, -0.1) is 0 Å². The number of aromatic nitrogens is 1. The summed E-state index contributed by atoms with van der Waals surface area (Å²) in [5.74, 6) is 5.75. The quantitative estimate of drug-likeness (QED) is 0.574. The summed E-state index contributed by atoms with van der Waals surface area (Å²) in [6.45, 7) is 5.01. The van der Waals surface area contributed by atoms with Gasteiger partial charge >= 0.3 is 5.97 Å². The number of carboxylic acid groups (broad SMARTS) is 1. The van der Waals surface area contributed by atoms with Crippen LogP contribution in [0, 0.1) is 23.7 Å². The van der Waals surface area contributed by atoms with Crippen molar-refractivity contribution in [2.75, 3.05) is 26.7 Å². The molecular formula is C28H33N3O5. The van der Waals surface area contributed by atoms with Gasteiger partial charge in [-0.3, -0.25) is 9.69 Å². The van der Waals surface area contributed by atoms with Crippen molar-refractivity contribution in [1.29, 1.82) is 0 Å². The second kappa shape index (κ2) is 11.1. The molecule has 1 aromatic carbocycles. The summed E-state index contributed by atoms with van der Waals surface area (Å²) in [6.07, 6.45) is 3.54. The van der Waals surface area contributed by atoms with Crippen LogP contribution in [0.1, 0.15) is 58.5 Å². The lowest BCUT2D eigenvalue weighted by atomic mass is 9.99. The minimum atomic E-state index is -0.958. The van der Waals surface area contributed by atoms with Crippen LogP contribution in [0.5, 0.6) is 5.88 Å². The number of ether oxygens (including phenoxy) is 1. The monoisotopic (exact) mass is 491 g/mol. The first-order valence-corrected chi connectivity index (χ1v) is 12.4. The summed E-state index contributed by atoms with van der Waals surface area (Å²) < 4.78 is 6.33. The number of pyridine rings is 1. The SMILES string of the molecule is C[C@H]1CN([C@@H](C)CO)C(=O)c2cc(C#CC3CC3)cnc2O[C@H]1CN(C)Cc1ccccc1C(=O)O. The molecule has 1 aliphatic heterocycles. The van der Waals surface area contributed by atoms with Crippen LogP contribution in [0.4, 0.5) is 0 Å². The lowest BCUT2D eigenvalue weighted by Crippen LogP contribution is -2.49. The van der Waals surface area contributed by atoms with E-state index in [0.717, 1.165) is 12.8 Å². The number of carbonyl (C=O) groups excluding carboxylic acids is 1. The predicted molar refractivity (Wildman–Crippen MR) is 135 cm³/mol. The molecule has 1 saturated carbocycles. The van der Waals surface area contributed by atoms with Gasteiger partial charge in [0.15, 0.2) is 0 Å². The van der Waals surface area contributed by atoms with Crippen LogP contribution < -0.4 is 4.74 Å². The largest absolute Gasteiger partial charge is 0.478 e. The zero-order valence-corrected chi connectivity index (χ0v) is 21.0. The topological polar surface area (TPSA) is 103 Å².